The van der Waals surface area contributed by atoms with Crippen molar-refractivity contribution in [1.82, 2.24) is 10.6 Å². The zero-order valence-electron chi connectivity index (χ0n) is 15.4. The second kappa shape index (κ2) is 9.88. The summed E-state index contributed by atoms with van der Waals surface area (Å²) in [5, 5.41) is 15.2. The average Bonchev–Trinajstić information content (AvgIpc) is 2.64. The smallest absolute Gasteiger partial charge is 0.263 e. The van der Waals surface area contributed by atoms with Crippen molar-refractivity contribution in [3.8, 4) is 6.07 Å². The highest BCUT2D eigenvalue weighted by Crippen LogP contribution is 2.24. The van der Waals surface area contributed by atoms with Crippen LogP contribution in [0.5, 0.6) is 0 Å². The summed E-state index contributed by atoms with van der Waals surface area (Å²) >= 11 is 0. The minimum atomic E-state index is -0.323. The van der Waals surface area contributed by atoms with Crippen molar-refractivity contribution in [2.45, 2.75) is 64.8 Å². The molecule has 1 aromatic rings. The van der Waals surface area contributed by atoms with Gasteiger partial charge in [0.05, 0.1) is 6.04 Å². The van der Waals surface area contributed by atoms with Crippen molar-refractivity contribution in [1.29, 1.82) is 5.26 Å². The number of aryl methyl sites for hydroxylation is 2. The highest BCUT2D eigenvalue weighted by atomic mass is 16.1. The molecule has 4 nitrogen and oxygen atoms in total. The number of fused-ring (bicyclic) bond motifs is 1. The van der Waals surface area contributed by atoms with Gasteiger partial charge in [0.2, 0.25) is 0 Å². The first kappa shape index (κ1) is 19.1. The normalized spacial score (nSPS) is 15.0. The molecule has 0 aliphatic heterocycles. The quantitative estimate of drug-likeness (QED) is 0.428. The fraction of sp³-hybridized carbons (Fsp3) is 0.524. The first-order valence-corrected chi connectivity index (χ1v) is 9.42. The summed E-state index contributed by atoms with van der Waals surface area (Å²) in [5.74, 6) is -0.323. The van der Waals surface area contributed by atoms with Gasteiger partial charge in [-0.1, -0.05) is 38.0 Å². The maximum Gasteiger partial charge on any atom is 0.263 e. The van der Waals surface area contributed by atoms with Gasteiger partial charge in [-0.2, -0.15) is 5.26 Å². The number of carbonyl (C=O) groups excluding carboxylic acids is 1. The van der Waals surface area contributed by atoms with Crippen LogP contribution >= 0.6 is 0 Å². The lowest BCUT2D eigenvalue weighted by Gasteiger charge is -2.20. The molecule has 0 radical (unpaired) electrons. The van der Waals surface area contributed by atoms with Crippen LogP contribution in [0.25, 0.3) is 0 Å². The molecule has 0 fully saturated rings. The molecule has 134 valence electrons. The highest BCUT2D eigenvalue weighted by Gasteiger charge is 2.16. The summed E-state index contributed by atoms with van der Waals surface area (Å²) in [4.78, 5) is 12.3. The number of amides is 1. The van der Waals surface area contributed by atoms with Gasteiger partial charge in [-0.25, -0.2) is 0 Å². The van der Waals surface area contributed by atoms with Crippen LogP contribution in [0, 0.1) is 11.3 Å². The lowest BCUT2D eigenvalue weighted by molar-refractivity contribution is -0.117. The molecular formula is C21H29N3O. The molecule has 2 rings (SSSR count). The van der Waals surface area contributed by atoms with E-state index < -0.39 is 0 Å². The van der Waals surface area contributed by atoms with E-state index in [-0.39, 0.29) is 17.5 Å². The Morgan fingerprint density at radius 2 is 2.04 bits per heavy atom. The molecule has 1 unspecified atom stereocenters. The van der Waals surface area contributed by atoms with E-state index in [1.807, 2.05) is 13.0 Å². The minimum Gasteiger partial charge on any atom is -0.390 e. The van der Waals surface area contributed by atoms with Crippen molar-refractivity contribution in [2.75, 3.05) is 6.54 Å². The molecule has 25 heavy (non-hydrogen) atoms. The fourth-order valence-electron chi connectivity index (χ4n) is 3.18. The number of unbranched alkanes of at least 4 members (excludes halogenated alkanes) is 2. The van der Waals surface area contributed by atoms with Gasteiger partial charge in [-0.15, -0.1) is 0 Å². The van der Waals surface area contributed by atoms with Gasteiger partial charge in [0.25, 0.3) is 5.91 Å². The van der Waals surface area contributed by atoms with Crippen molar-refractivity contribution >= 4 is 5.91 Å². The first-order valence-electron chi connectivity index (χ1n) is 9.42. The third-order valence-electron chi connectivity index (χ3n) is 4.76. The Morgan fingerprint density at radius 1 is 1.28 bits per heavy atom. The Morgan fingerprint density at radius 3 is 2.76 bits per heavy atom. The molecule has 1 aliphatic carbocycles. The number of nitrogens with one attached hydrogen (secondary N) is 2. The summed E-state index contributed by atoms with van der Waals surface area (Å²) in [6.45, 7) is 4.89. The highest BCUT2D eigenvalue weighted by molar-refractivity contribution is 5.97. The van der Waals surface area contributed by atoms with Crippen LogP contribution in [-0.2, 0) is 17.6 Å². The van der Waals surface area contributed by atoms with E-state index in [4.69, 9.17) is 0 Å². The van der Waals surface area contributed by atoms with Gasteiger partial charge in [0, 0.05) is 12.7 Å². The number of nitriles is 1. The summed E-state index contributed by atoms with van der Waals surface area (Å²) in [6.07, 6.45) is 9.64. The number of hydrogen-bond acceptors (Lipinski definition) is 3. The molecule has 0 spiro atoms. The summed E-state index contributed by atoms with van der Waals surface area (Å²) in [7, 11) is 0. The van der Waals surface area contributed by atoms with Gasteiger partial charge >= 0.3 is 0 Å². The van der Waals surface area contributed by atoms with Crippen molar-refractivity contribution in [3.05, 3.63) is 46.7 Å². The van der Waals surface area contributed by atoms with Crippen LogP contribution in [0.15, 0.2) is 30.0 Å². The molecule has 0 saturated heterocycles. The van der Waals surface area contributed by atoms with Crippen LogP contribution in [0.3, 0.4) is 0 Å². The summed E-state index contributed by atoms with van der Waals surface area (Å²) < 4.78 is 0. The Hall–Kier alpha value is -2.28. The zero-order chi connectivity index (χ0) is 18.1. The number of hydrogen-bond donors (Lipinski definition) is 2. The SMILES string of the molecule is CCCCCN/C=C(/C#N)C(=O)NC(C)c1ccc2c(c1)CCCC2. The van der Waals surface area contributed by atoms with Gasteiger partial charge in [-0.05, 0) is 55.7 Å². The molecule has 1 aromatic carbocycles. The summed E-state index contributed by atoms with van der Waals surface area (Å²) in [5.41, 5.74) is 4.06. The Kier molecular flexibility index (Phi) is 7.53. The Bertz CT molecular complexity index is 658. The van der Waals surface area contributed by atoms with E-state index in [9.17, 15) is 10.1 Å². The molecule has 1 amide bonds. The summed E-state index contributed by atoms with van der Waals surface area (Å²) in [6, 6.07) is 8.35. The maximum absolute atomic E-state index is 12.3. The third kappa shape index (κ3) is 5.63. The molecule has 0 bridgehead atoms. The van der Waals surface area contributed by atoms with Crippen LogP contribution < -0.4 is 10.6 Å². The Labute approximate surface area is 151 Å². The largest absolute Gasteiger partial charge is 0.390 e. The van der Waals surface area contributed by atoms with Crippen molar-refractivity contribution in [2.24, 2.45) is 0 Å². The van der Waals surface area contributed by atoms with Gasteiger partial charge in [0.15, 0.2) is 0 Å². The molecule has 2 N–H and O–H groups in total. The average molecular weight is 339 g/mol. The number of rotatable bonds is 8. The van der Waals surface area contributed by atoms with Crippen molar-refractivity contribution in [3.63, 3.8) is 0 Å². The Balaban J connectivity index is 1.94. The van der Waals surface area contributed by atoms with E-state index in [1.54, 1.807) is 0 Å². The van der Waals surface area contributed by atoms with Gasteiger partial charge in [0.1, 0.15) is 11.6 Å². The van der Waals surface area contributed by atoms with Crippen LogP contribution in [0.2, 0.25) is 0 Å². The molecule has 0 aromatic heterocycles. The van der Waals surface area contributed by atoms with Gasteiger partial charge in [-0.3, -0.25) is 4.79 Å². The van der Waals surface area contributed by atoms with Crippen LogP contribution in [0.4, 0.5) is 0 Å². The van der Waals surface area contributed by atoms with Crippen molar-refractivity contribution < 1.29 is 4.79 Å². The fourth-order valence-corrected chi connectivity index (χ4v) is 3.18. The number of nitrogens with zero attached hydrogens (tertiary/aromatic N) is 1. The number of carbonyl (C=O) groups is 1. The predicted octanol–water partition coefficient (Wildman–Crippen LogP) is 3.93. The van der Waals surface area contributed by atoms with E-state index in [0.29, 0.717) is 0 Å². The van der Waals surface area contributed by atoms with E-state index >= 15 is 0 Å². The number of benzene rings is 1. The minimum absolute atomic E-state index is 0.114. The molecule has 1 aliphatic rings. The predicted molar refractivity (Wildman–Crippen MR) is 101 cm³/mol. The standard InChI is InChI=1S/C21H29N3O/c1-3-4-7-12-23-15-20(14-22)21(25)24-16(2)18-11-10-17-8-5-6-9-19(17)13-18/h10-11,13,15-16,23H,3-9,12H2,1-2H3,(H,24,25)/b20-15-. The zero-order valence-corrected chi connectivity index (χ0v) is 15.4. The molecule has 4 heteroatoms. The second-order valence-corrected chi connectivity index (χ2v) is 6.76. The van der Waals surface area contributed by atoms with E-state index in [0.717, 1.165) is 44.2 Å². The van der Waals surface area contributed by atoms with Gasteiger partial charge < -0.3 is 10.6 Å². The first-order chi connectivity index (χ1) is 12.2. The van der Waals surface area contributed by atoms with Crippen LogP contribution in [0.1, 0.15) is 68.7 Å². The lowest BCUT2D eigenvalue weighted by Crippen LogP contribution is -2.28. The third-order valence-corrected chi connectivity index (χ3v) is 4.76. The monoisotopic (exact) mass is 339 g/mol. The molecule has 1 atom stereocenters. The van der Waals surface area contributed by atoms with Crippen LogP contribution in [-0.4, -0.2) is 12.5 Å². The van der Waals surface area contributed by atoms with E-state index in [2.05, 4.69) is 35.8 Å². The maximum atomic E-state index is 12.3. The lowest BCUT2D eigenvalue weighted by atomic mass is 9.89. The van der Waals surface area contributed by atoms with E-state index in [1.165, 1.54) is 30.2 Å². The topological polar surface area (TPSA) is 64.9 Å². The molecular weight excluding hydrogens is 310 g/mol. The molecule has 0 heterocycles. The molecule has 0 saturated carbocycles. The second-order valence-electron chi connectivity index (χ2n) is 6.76.